The fraction of sp³-hybridized carbons (Fsp3) is 0.217. The van der Waals surface area contributed by atoms with E-state index in [1.165, 1.54) is 4.90 Å². The quantitative estimate of drug-likeness (QED) is 0.450. The molecule has 0 spiro atoms. The van der Waals surface area contributed by atoms with Gasteiger partial charge in [-0.1, -0.05) is 78.0 Å². The number of para-hydroxylation sites is 1. The first-order chi connectivity index (χ1) is 15.3. The Balaban J connectivity index is 1.64. The number of fused-ring (bicyclic) bond motifs is 1. The number of benzene rings is 2. The second-order valence-electron chi connectivity index (χ2n) is 7.85. The van der Waals surface area contributed by atoms with E-state index in [0.29, 0.717) is 38.3 Å². The van der Waals surface area contributed by atoms with Gasteiger partial charge in [0, 0.05) is 22.3 Å². The Bertz CT molecular complexity index is 1180. The second kappa shape index (κ2) is 9.17. The van der Waals surface area contributed by atoms with E-state index < -0.39 is 0 Å². The Morgan fingerprint density at radius 1 is 1.09 bits per heavy atom. The summed E-state index contributed by atoms with van der Waals surface area (Å²) in [6.45, 7) is 4.34. The predicted molar refractivity (Wildman–Crippen MR) is 135 cm³/mol. The van der Waals surface area contributed by atoms with Crippen molar-refractivity contribution in [3.63, 3.8) is 0 Å². The van der Waals surface area contributed by atoms with Crippen LogP contribution in [0.3, 0.4) is 0 Å². The van der Waals surface area contributed by atoms with Gasteiger partial charge in [-0.05, 0) is 30.2 Å². The Kier molecular flexibility index (Phi) is 6.50. The zero-order valence-electron chi connectivity index (χ0n) is 17.4. The molecule has 9 heteroatoms. The summed E-state index contributed by atoms with van der Waals surface area (Å²) in [4.78, 5) is 42.5. The molecule has 4 rings (SSSR count). The molecule has 0 radical (unpaired) electrons. The van der Waals surface area contributed by atoms with Gasteiger partial charge in [-0.25, -0.2) is 0 Å². The van der Waals surface area contributed by atoms with Crippen molar-refractivity contribution in [3.8, 4) is 0 Å². The van der Waals surface area contributed by atoms with Crippen LogP contribution in [0.5, 0.6) is 0 Å². The van der Waals surface area contributed by atoms with Crippen molar-refractivity contribution in [1.82, 2.24) is 4.90 Å². The minimum atomic E-state index is -0.374. The van der Waals surface area contributed by atoms with E-state index in [0.717, 1.165) is 16.2 Å². The molecule has 164 valence electrons. The third-order valence-corrected chi connectivity index (χ3v) is 6.90. The highest BCUT2D eigenvalue weighted by molar-refractivity contribution is 9.10. The van der Waals surface area contributed by atoms with Crippen molar-refractivity contribution < 1.29 is 14.4 Å². The Hall–Kier alpha value is -2.49. The summed E-state index contributed by atoms with van der Waals surface area (Å²) < 4.78 is 1.28. The Morgan fingerprint density at radius 2 is 1.84 bits per heavy atom. The molecule has 1 N–H and O–H groups in total. The molecule has 0 saturated carbocycles. The molecule has 1 fully saturated rings. The first-order valence-electron chi connectivity index (χ1n) is 10.0. The van der Waals surface area contributed by atoms with Crippen LogP contribution in [0.25, 0.3) is 5.57 Å². The maximum Gasteiger partial charge on any atom is 0.267 e. The molecule has 0 atom stereocenters. The smallest absolute Gasteiger partial charge is 0.267 e. The molecule has 0 aromatic heterocycles. The molecule has 0 bridgehead atoms. The average molecular weight is 530 g/mol. The fourth-order valence-electron chi connectivity index (χ4n) is 3.64. The van der Waals surface area contributed by atoms with Crippen LogP contribution in [-0.2, 0) is 14.4 Å². The number of amides is 3. The molecule has 2 aliphatic rings. The van der Waals surface area contributed by atoms with Gasteiger partial charge in [0.05, 0.1) is 16.2 Å². The van der Waals surface area contributed by atoms with E-state index in [-0.39, 0.29) is 30.2 Å². The van der Waals surface area contributed by atoms with E-state index in [4.69, 9.17) is 12.2 Å². The van der Waals surface area contributed by atoms with Crippen LogP contribution < -0.4 is 10.2 Å². The summed E-state index contributed by atoms with van der Waals surface area (Å²) in [5.41, 5.74) is 2.17. The van der Waals surface area contributed by atoms with Crippen LogP contribution in [0.4, 0.5) is 11.4 Å². The van der Waals surface area contributed by atoms with Gasteiger partial charge in [0.2, 0.25) is 5.91 Å². The number of carbonyl (C=O) groups is 3. The van der Waals surface area contributed by atoms with Crippen LogP contribution in [0, 0.1) is 5.92 Å². The van der Waals surface area contributed by atoms with Crippen LogP contribution in [0.15, 0.2) is 57.9 Å². The molecule has 2 aromatic carbocycles. The molecule has 2 heterocycles. The predicted octanol–water partition coefficient (Wildman–Crippen LogP) is 4.66. The molecule has 3 amide bonds. The molecule has 0 unspecified atom stereocenters. The van der Waals surface area contributed by atoms with Gasteiger partial charge in [-0.3, -0.25) is 24.2 Å². The van der Waals surface area contributed by atoms with Gasteiger partial charge in [0.15, 0.2) is 0 Å². The van der Waals surface area contributed by atoms with Crippen molar-refractivity contribution in [2.75, 3.05) is 23.3 Å². The largest absolute Gasteiger partial charge is 0.324 e. The summed E-state index contributed by atoms with van der Waals surface area (Å²) in [7, 11) is 0. The summed E-state index contributed by atoms with van der Waals surface area (Å²) >= 11 is 9.93. The van der Waals surface area contributed by atoms with Crippen LogP contribution >= 0.6 is 39.9 Å². The standard InChI is InChI=1S/C23H20BrN3O3S2/c1-13(2)11-27-22(30)20(32-23(27)31)19-16-8-3-4-9-17(16)26(21(19)29)12-18(28)25-15-7-5-6-14(24)10-15/h3-10,13H,11-12H2,1-2H3,(H,25,28)/b20-19-. The highest BCUT2D eigenvalue weighted by Gasteiger charge is 2.42. The topological polar surface area (TPSA) is 69.7 Å². The number of halogens is 1. The van der Waals surface area contributed by atoms with E-state index in [2.05, 4.69) is 21.2 Å². The van der Waals surface area contributed by atoms with Crippen LogP contribution in [0.2, 0.25) is 0 Å². The zero-order chi connectivity index (χ0) is 23.0. The number of carbonyl (C=O) groups excluding carboxylic acids is 3. The molecule has 6 nitrogen and oxygen atoms in total. The first kappa shape index (κ1) is 22.7. The third-order valence-electron chi connectivity index (χ3n) is 4.96. The Labute approximate surface area is 204 Å². The highest BCUT2D eigenvalue weighted by Crippen LogP contribution is 2.44. The lowest BCUT2D eigenvalue weighted by atomic mass is 10.1. The van der Waals surface area contributed by atoms with E-state index >= 15 is 0 Å². The van der Waals surface area contributed by atoms with Gasteiger partial charge in [0.1, 0.15) is 10.9 Å². The summed E-state index contributed by atoms with van der Waals surface area (Å²) in [5, 5.41) is 2.81. The summed E-state index contributed by atoms with van der Waals surface area (Å²) in [6, 6.07) is 14.4. The number of nitrogens with zero attached hydrogens (tertiary/aromatic N) is 2. The van der Waals surface area contributed by atoms with Gasteiger partial charge in [-0.2, -0.15) is 0 Å². The van der Waals surface area contributed by atoms with E-state index in [9.17, 15) is 14.4 Å². The number of anilines is 2. The summed E-state index contributed by atoms with van der Waals surface area (Å²) in [5.74, 6) is -0.723. The molecule has 1 saturated heterocycles. The first-order valence-corrected chi connectivity index (χ1v) is 12.0. The number of thioether (sulfide) groups is 1. The lowest BCUT2D eigenvalue weighted by molar-refractivity contribution is -0.122. The third kappa shape index (κ3) is 4.37. The molecular formula is C23H20BrN3O3S2. The number of hydrogen-bond acceptors (Lipinski definition) is 5. The van der Waals surface area contributed by atoms with Gasteiger partial charge in [-0.15, -0.1) is 0 Å². The normalized spacial score (nSPS) is 18.1. The molecule has 32 heavy (non-hydrogen) atoms. The van der Waals surface area contributed by atoms with Crippen LogP contribution in [-0.4, -0.2) is 40.0 Å². The van der Waals surface area contributed by atoms with Crippen molar-refractivity contribution in [2.24, 2.45) is 5.92 Å². The molecule has 2 aliphatic heterocycles. The zero-order valence-corrected chi connectivity index (χ0v) is 20.6. The average Bonchev–Trinajstić information content (AvgIpc) is 3.15. The lowest BCUT2D eigenvalue weighted by Gasteiger charge is -2.17. The maximum atomic E-state index is 13.4. The molecule has 2 aromatic rings. The number of nitrogens with one attached hydrogen (secondary N) is 1. The van der Waals surface area contributed by atoms with Crippen molar-refractivity contribution in [2.45, 2.75) is 13.8 Å². The monoisotopic (exact) mass is 529 g/mol. The SMILES string of the molecule is CC(C)CN1C(=O)/C(=C2/C(=O)N(CC(=O)Nc3cccc(Br)c3)c3ccccc32)SC1=S. The van der Waals surface area contributed by atoms with Crippen molar-refractivity contribution in [3.05, 3.63) is 63.5 Å². The number of rotatable bonds is 5. The highest BCUT2D eigenvalue weighted by atomic mass is 79.9. The minimum absolute atomic E-state index is 0.169. The van der Waals surface area contributed by atoms with E-state index in [1.807, 2.05) is 32.0 Å². The molecular weight excluding hydrogens is 510 g/mol. The second-order valence-corrected chi connectivity index (χ2v) is 10.4. The van der Waals surface area contributed by atoms with Gasteiger partial charge >= 0.3 is 0 Å². The van der Waals surface area contributed by atoms with Crippen LogP contribution in [0.1, 0.15) is 19.4 Å². The maximum absolute atomic E-state index is 13.4. The Morgan fingerprint density at radius 3 is 2.56 bits per heavy atom. The van der Waals surface area contributed by atoms with Crippen molar-refractivity contribution in [1.29, 1.82) is 0 Å². The summed E-state index contributed by atoms with van der Waals surface area (Å²) in [6.07, 6.45) is 0. The van der Waals surface area contributed by atoms with Gasteiger partial charge in [0.25, 0.3) is 11.8 Å². The van der Waals surface area contributed by atoms with Crippen molar-refractivity contribution >= 4 is 78.9 Å². The molecule has 0 aliphatic carbocycles. The number of hydrogen-bond donors (Lipinski definition) is 1. The van der Waals surface area contributed by atoms with Gasteiger partial charge < -0.3 is 5.32 Å². The number of thiocarbonyl (C=S) groups is 1. The fourth-order valence-corrected chi connectivity index (χ4v) is 5.38. The minimum Gasteiger partial charge on any atom is -0.324 e. The lowest BCUT2D eigenvalue weighted by Crippen LogP contribution is -2.36. The van der Waals surface area contributed by atoms with E-state index in [1.54, 1.807) is 35.2 Å².